The second kappa shape index (κ2) is 18.3. The molecule has 2 unspecified atom stereocenters. The lowest BCUT2D eigenvalue weighted by molar-refractivity contribution is -0.143. The summed E-state index contributed by atoms with van der Waals surface area (Å²) >= 11 is 6.43. The maximum Gasteiger partial charge on any atom is 0.408 e. The number of benzene rings is 3. The number of hydrogen-bond donors (Lipinski definition) is 4. The van der Waals surface area contributed by atoms with Crippen LogP contribution in [0.3, 0.4) is 0 Å². The summed E-state index contributed by atoms with van der Waals surface area (Å²) in [5.74, 6) is -1.49. The molecule has 1 aliphatic heterocycles. The van der Waals surface area contributed by atoms with E-state index in [2.05, 4.69) is 16.0 Å². The number of aliphatic hydroxyl groups is 1. The van der Waals surface area contributed by atoms with Crippen molar-refractivity contribution < 1.29 is 29.0 Å². The van der Waals surface area contributed by atoms with Crippen molar-refractivity contribution in [2.45, 2.75) is 109 Å². The molecule has 5 atom stereocenters. The van der Waals surface area contributed by atoms with Crippen molar-refractivity contribution in [2.75, 3.05) is 19.6 Å². The lowest BCUT2D eigenvalue weighted by atomic mass is 9.76. The van der Waals surface area contributed by atoms with Crippen LogP contribution in [0.4, 0.5) is 4.79 Å². The number of likely N-dealkylation sites (N-methyl/N-ethyl adjacent to an activating group) is 1. The number of carbonyl (C=O) groups excluding carboxylic acids is 4. The highest BCUT2D eigenvalue weighted by Crippen LogP contribution is 2.41. The Labute approximate surface area is 318 Å². The van der Waals surface area contributed by atoms with E-state index >= 15 is 0 Å². The van der Waals surface area contributed by atoms with Crippen molar-refractivity contribution in [3.63, 3.8) is 0 Å². The van der Waals surface area contributed by atoms with Crippen LogP contribution in [-0.4, -0.2) is 71.6 Å². The Morgan fingerprint density at radius 3 is 2.30 bits per heavy atom. The van der Waals surface area contributed by atoms with Crippen LogP contribution in [-0.2, 0) is 24.5 Å². The Morgan fingerprint density at radius 2 is 1.64 bits per heavy atom. The predicted molar refractivity (Wildman–Crippen MR) is 207 cm³/mol. The summed E-state index contributed by atoms with van der Waals surface area (Å²) in [7, 11) is 0. The maximum atomic E-state index is 14.3. The average molecular weight is 747 g/mol. The molecule has 1 saturated heterocycles. The molecule has 2 aliphatic rings. The van der Waals surface area contributed by atoms with Crippen LogP contribution in [0.2, 0.25) is 5.02 Å². The van der Waals surface area contributed by atoms with Gasteiger partial charge in [-0.3, -0.25) is 14.4 Å². The maximum absolute atomic E-state index is 14.3. The number of nitrogens with one attached hydrogen (secondary N) is 3. The Bertz CT molecular complexity index is 1740. The number of ether oxygens (including phenoxy) is 1. The van der Waals surface area contributed by atoms with Gasteiger partial charge < -0.3 is 30.7 Å². The number of hydrogen-bond acceptors (Lipinski definition) is 6. The van der Waals surface area contributed by atoms with E-state index < -0.39 is 53.5 Å². The molecule has 10 nitrogen and oxygen atoms in total. The van der Waals surface area contributed by atoms with Crippen LogP contribution in [0.25, 0.3) is 10.8 Å². The lowest BCUT2D eigenvalue weighted by Gasteiger charge is -2.36. The highest BCUT2D eigenvalue weighted by atomic mass is 35.5. The molecule has 1 saturated carbocycles. The summed E-state index contributed by atoms with van der Waals surface area (Å²) < 4.78 is 6.35. The summed E-state index contributed by atoms with van der Waals surface area (Å²) in [5.41, 5.74) is 0.913. The molecule has 11 heteroatoms. The first-order valence-corrected chi connectivity index (χ1v) is 19.6. The summed E-state index contributed by atoms with van der Waals surface area (Å²) in [6.45, 7) is 8.90. The van der Waals surface area contributed by atoms with Crippen LogP contribution in [0.5, 0.6) is 0 Å². The van der Waals surface area contributed by atoms with Gasteiger partial charge in [0.15, 0.2) is 6.10 Å². The SMILES string of the molecule is CCN(CC)C(=O)C(O)[C@H](C[C@@H]1CCNC1=O)NC(=O)[C@H](CC1CCCCC1)NC(=O)OC(c1ccc2ccccc2c1)C(C)(C)c1cccc(Cl)c1. The van der Waals surface area contributed by atoms with Gasteiger partial charge in [0.25, 0.3) is 5.91 Å². The molecule has 3 aromatic carbocycles. The van der Waals surface area contributed by atoms with Crippen molar-refractivity contribution in [1.82, 2.24) is 20.9 Å². The molecule has 0 bridgehead atoms. The summed E-state index contributed by atoms with van der Waals surface area (Å²) in [6.07, 6.45) is 2.95. The van der Waals surface area contributed by atoms with Gasteiger partial charge in [0.2, 0.25) is 11.8 Å². The van der Waals surface area contributed by atoms with Gasteiger partial charge in [-0.2, -0.15) is 0 Å². The fraction of sp³-hybridized carbons (Fsp3) is 0.524. The van der Waals surface area contributed by atoms with Crippen LogP contribution in [0.15, 0.2) is 66.7 Å². The standard InChI is InChI=1S/C42H55ClN4O6/c1-5-47(6-2)40(51)36(48)34(25-31-21-22-44-38(31)49)45-39(50)35(23-27-13-8-7-9-14-27)46-41(52)53-37(42(3,4)32-17-12-18-33(43)26-32)30-20-19-28-15-10-11-16-29(28)24-30/h10-12,15-20,24,26-27,31,34-37,48H,5-9,13-14,21-23,25H2,1-4H3,(H,44,49)(H,45,50)(H,46,52)/t31-,34-,35-,36?,37?/m0/s1. The van der Waals surface area contributed by atoms with Crippen molar-refractivity contribution in [3.8, 4) is 0 Å². The molecule has 286 valence electrons. The molecule has 5 rings (SSSR count). The smallest absolute Gasteiger partial charge is 0.408 e. The van der Waals surface area contributed by atoms with Gasteiger partial charge in [-0.1, -0.05) is 106 Å². The molecule has 0 spiro atoms. The number of alkyl carbamates (subject to hydrolysis) is 1. The number of rotatable bonds is 15. The number of carbonyl (C=O) groups is 4. The van der Waals surface area contributed by atoms with Crippen molar-refractivity contribution in [2.24, 2.45) is 11.8 Å². The van der Waals surface area contributed by atoms with Crippen molar-refractivity contribution in [3.05, 3.63) is 82.9 Å². The third-order valence-electron chi connectivity index (χ3n) is 11.2. The molecule has 1 aliphatic carbocycles. The first-order chi connectivity index (χ1) is 25.4. The van der Waals surface area contributed by atoms with E-state index in [1.807, 2.05) is 88.4 Å². The van der Waals surface area contributed by atoms with E-state index in [0.29, 0.717) is 37.5 Å². The van der Waals surface area contributed by atoms with Crippen molar-refractivity contribution >= 4 is 46.2 Å². The summed E-state index contributed by atoms with van der Waals surface area (Å²) in [6, 6.07) is 19.4. The van der Waals surface area contributed by atoms with Gasteiger partial charge in [0.1, 0.15) is 12.1 Å². The van der Waals surface area contributed by atoms with Gasteiger partial charge in [0, 0.05) is 36.0 Å². The number of halogens is 1. The largest absolute Gasteiger partial charge is 0.440 e. The van der Waals surface area contributed by atoms with E-state index in [0.717, 1.165) is 54.0 Å². The topological polar surface area (TPSA) is 137 Å². The number of amides is 4. The van der Waals surface area contributed by atoms with Gasteiger partial charge in [-0.05, 0) is 79.1 Å². The van der Waals surface area contributed by atoms with E-state index in [1.54, 1.807) is 6.07 Å². The number of aliphatic hydroxyl groups excluding tert-OH is 1. The molecule has 0 aromatic heterocycles. The Kier molecular flexibility index (Phi) is 13.8. The summed E-state index contributed by atoms with van der Waals surface area (Å²) in [4.78, 5) is 55.8. The molecule has 4 N–H and O–H groups in total. The second-order valence-corrected chi connectivity index (χ2v) is 15.6. The molecule has 53 heavy (non-hydrogen) atoms. The molecular formula is C42H55ClN4O6. The van der Waals surface area contributed by atoms with E-state index in [4.69, 9.17) is 16.3 Å². The minimum absolute atomic E-state index is 0.0875. The Hall–Kier alpha value is -4.15. The summed E-state index contributed by atoms with van der Waals surface area (Å²) in [5, 5.41) is 22.6. The first kappa shape index (κ1) is 40.0. The molecule has 1 heterocycles. The molecule has 0 radical (unpaired) electrons. The van der Waals surface area contributed by atoms with Crippen molar-refractivity contribution in [1.29, 1.82) is 0 Å². The zero-order valence-corrected chi connectivity index (χ0v) is 32.2. The quantitative estimate of drug-likeness (QED) is 0.135. The molecule has 4 amide bonds. The highest BCUT2D eigenvalue weighted by Gasteiger charge is 2.40. The third kappa shape index (κ3) is 10.1. The highest BCUT2D eigenvalue weighted by molar-refractivity contribution is 6.30. The third-order valence-corrected chi connectivity index (χ3v) is 11.4. The second-order valence-electron chi connectivity index (χ2n) is 15.1. The minimum Gasteiger partial charge on any atom is -0.440 e. The first-order valence-electron chi connectivity index (χ1n) is 19.2. The van der Waals surface area contributed by atoms with Crippen LogP contribution in [0.1, 0.15) is 96.3 Å². The normalized spacial score (nSPS) is 18.8. The predicted octanol–water partition coefficient (Wildman–Crippen LogP) is 6.82. The fourth-order valence-corrected chi connectivity index (χ4v) is 8.13. The number of fused-ring (bicyclic) bond motifs is 1. The minimum atomic E-state index is -1.56. The van der Waals surface area contributed by atoms with E-state index in [9.17, 15) is 24.3 Å². The lowest BCUT2D eigenvalue weighted by Crippen LogP contribution is -2.57. The van der Waals surface area contributed by atoms with Gasteiger partial charge >= 0.3 is 6.09 Å². The van der Waals surface area contributed by atoms with Gasteiger partial charge in [-0.25, -0.2) is 4.79 Å². The average Bonchev–Trinajstić information content (AvgIpc) is 3.57. The number of nitrogens with zero attached hydrogens (tertiary/aromatic N) is 1. The van der Waals surface area contributed by atoms with E-state index in [1.165, 1.54) is 4.90 Å². The fourth-order valence-electron chi connectivity index (χ4n) is 7.94. The molecule has 3 aromatic rings. The van der Waals surface area contributed by atoms with E-state index in [-0.39, 0.29) is 18.2 Å². The van der Waals surface area contributed by atoms with Gasteiger partial charge in [-0.15, -0.1) is 0 Å². The van der Waals surface area contributed by atoms with Crippen LogP contribution >= 0.6 is 11.6 Å². The van der Waals surface area contributed by atoms with Gasteiger partial charge in [0.05, 0.1) is 6.04 Å². The zero-order chi connectivity index (χ0) is 38.1. The van der Waals surface area contributed by atoms with Crippen LogP contribution in [0, 0.1) is 11.8 Å². The molecule has 2 fully saturated rings. The van der Waals surface area contributed by atoms with Crippen LogP contribution < -0.4 is 16.0 Å². The molecular weight excluding hydrogens is 692 g/mol. The zero-order valence-electron chi connectivity index (χ0n) is 31.4. The Morgan fingerprint density at radius 1 is 0.925 bits per heavy atom. The Balaban J connectivity index is 1.43. The monoisotopic (exact) mass is 746 g/mol.